The highest BCUT2D eigenvalue weighted by Crippen LogP contribution is 2.66. The number of aldehydes is 1. The zero-order chi connectivity index (χ0) is 20.3. The summed E-state index contributed by atoms with van der Waals surface area (Å²) in [5.41, 5.74) is 2.77. The van der Waals surface area contributed by atoms with Crippen molar-refractivity contribution in [2.45, 2.75) is 70.8 Å². The van der Waals surface area contributed by atoms with Crippen LogP contribution in [-0.4, -0.2) is 30.8 Å². The highest BCUT2D eigenvalue weighted by molar-refractivity contribution is 5.80. The molecule has 4 nitrogen and oxygen atoms in total. The van der Waals surface area contributed by atoms with E-state index in [4.69, 9.17) is 0 Å². The molecule has 0 aromatic heterocycles. The van der Waals surface area contributed by atoms with E-state index in [9.17, 15) is 9.59 Å². The lowest BCUT2D eigenvalue weighted by Gasteiger charge is -2.65. The zero-order valence-electron chi connectivity index (χ0n) is 17.9. The molecule has 0 radical (unpaired) electrons. The first-order valence-electron chi connectivity index (χ1n) is 11.4. The van der Waals surface area contributed by atoms with E-state index in [1.807, 2.05) is 24.3 Å². The Morgan fingerprint density at radius 2 is 1.62 bits per heavy atom. The zero-order valence-corrected chi connectivity index (χ0v) is 17.9. The molecule has 6 rings (SSSR count). The van der Waals surface area contributed by atoms with Crippen LogP contribution >= 0.6 is 0 Å². The second-order valence-electron chi connectivity index (χ2n) is 11.4. The summed E-state index contributed by atoms with van der Waals surface area (Å²) in [7, 11) is 0. The fourth-order valence-corrected chi connectivity index (χ4v) is 8.11. The van der Waals surface area contributed by atoms with Gasteiger partial charge in [-0.05, 0) is 92.4 Å². The number of nitrogens with zero attached hydrogens (tertiary/aromatic N) is 1. The molecule has 1 aromatic carbocycles. The fourth-order valence-electron chi connectivity index (χ4n) is 8.11. The van der Waals surface area contributed by atoms with E-state index in [-0.39, 0.29) is 11.5 Å². The summed E-state index contributed by atoms with van der Waals surface area (Å²) < 4.78 is 0. The third kappa shape index (κ3) is 3.49. The van der Waals surface area contributed by atoms with E-state index < -0.39 is 0 Å². The number of hydrogen-bond acceptors (Lipinski definition) is 3. The van der Waals surface area contributed by atoms with E-state index in [2.05, 4.69) is 24.1 Å². The van der Waals surface area contributed by atoms with Crippen LogP contribution in [0.15, 0.2) is 24.3 Å². The minimum Gasteiger partial charge on any atom is -0.371 e. The lowest BCUT2D eigenvalue weighted by molar-refractivity contribution is -0.143. The van der Waals surface area contributed by atoms with Gasteiger partial charge >= 0.3 is 0 Å². The predicted octanol–water partition coefficient (Wildman–Crippen LogP) is 4.58. The van der Waals surface area contributed by atoms with Gasteiger partial charge in [0.1, 0.15) is 6.29 Å². The van der Waals surface area contributed by atoms with Crippen molar-refractivity contribution in [3.8, 4) is 0 Å². The average Bonchev–Trinajstić information content (AvgIpc) is 2.65. The maximum Gasteiger partial charge on any atom is 0.223 e. The van der Waals surface area contributed by atoms with Gasteiger partial charge in [0.05, 0.1) is 0 Å². The number of nitrogens with one attached hydrogen (secondary N) is 1. The Kier molecular flexibility index (Phi) is 4.34. The van der Waals surface area contributed by atoms with E-state index in [0.717, 1.165) is 43.8 Å². The maximum absolute atomic E-state index is 13.2. The number of amides is 1. The Labute approximate surface area is 174 Å². The van der Waals surface area contributed by atoms with Gasteiger partial charge in [0, 0.05) is 35.8 Å². The SMILES string of the molecule is C[C@]12CC3CC(NC(=O)C4CCN(c5ccc(C=O)cc5)CC4)(C1)C[C@](C)(C3)C2. The van der Waals surface area contributed by atoms with Crippen LogP contribution in [0.4, 0.5) is 5.69 Å². The normalized spacial score (nSPS) is 38.8. The summed E-state index contributed by atoms with van der Waals surface area (Å²) in [6.07, 6.45) is 10.3. The predicted molar refractivity (Wildman–Crippen MR) is 115 cm³/mol. The van der Waals surface area contributed by atoms with Crippen LogP contribution in [0.25, 0.3) is 0 Å². The molecule has 0 unspecified atom stereocenters. The van der Waals surface area contributed by atoms with Crippen LogP contribution in [-0.2, 0) is 4.79 Å². The van der Waals surface area contributed by atoms with Gasteiger partial charge in [-0.2, -0.15) is 0 Å². The van der Waals surface area contributed by atoms with Crippen molar-refractivity contribution in [2.24, 2.45) is 22.7 Å². The van der Waals surface area contributed by atoms with Crippen molar-refractivity contribution in [3.05, 3.63) is 29.8 Å². The molecule has 5 fully saturated rings. The molecule has 4 aliphatic carbocycles. The quantitative estimate of drug-likeness (QED) is 0.761. The number of anilines is 1. The second kappa shape index (κ2) is 6.58. The van der Waals surface area contributed by atoms with Crippen LogP contribution in [0.2, 0.25) is 0 Å². The van der Waals surface area contributed by atoms with Gasteiger partial charge in [-0.1, -0.05) is 13.8 Å². The van der Waals surface area contributed by atoms with E-state index in [1.54, 1.807) is 0 Å². The van der Waals surface area contributed by atoms with Gasteiger partial charge in [-0.3, -0.25) is 9.59 Å². The Bertz CT molecular complexity index is 791. The van der Waals surface area contributed by atoms with Gasteiger partial charge in [-0.25, -0.2) is 0 Å². The monoisotopic (exact) mass is 394 g/mol. The number of carbonyl (C=O) groups is 2. The smallest absolute Gasteiger partial charge is 0.223 e. The third-order valence-corrected chi connectivity index (χ3v) is 8.27. The van der Waals surface area contributed by atoms with Crippen molar-refractivity contribution < 1.29 is 9.59 Å². The maximum atomic E-state index is 13.2. The Hall–Kier alpha value is -1.84. The largest absolute Gasteiger partial charge is 0.371 e. The molecule has 4 saturated carbocycles. The lowest BCUT2D eigenvalue weighted by atomic mass is 9.42. The summed E-state index contributed by atoms with van der Waals surface area (Å²) in [4.78, 5) is 26.4. The van der Waals surface area contributed by atoms with Crippen molar-refractivity contribution in [3.63, 3.8) is 0 Å². The van der Waals surface area contributed by atoms with Crippen molar-refractivity contribution in [1.82, 2.24) is 5.32 Å². The number of rotatable bonds is 4. The first kappa shape index (κ1) is 19.1. The van der Waals surface area contributed by atoms with Crippen LogP contribution in [0, 0.1) is 22.7 Å². The van der Waals surface area contributed by atoms with Crippen LogP contribution in [0.1, 0.15) is 75.6 Å². The van der Waals surface area contributed by atoms with Gasteiger partial charge in [0.2, 0.25) is 5.91 Å². The summed E-state index contributed by atoms with van der Waals surface area (Å²) in [5.74, 6) is 1.24. The molecule has 0 spiro atoms. The lowest BCUT2D eigenvalue weighted by Crippen LogP contribution is -2.65. The van der Waals surface area contributed by atoms with Gasteiger partial charge < -0.3 is 10.2 Å². The minimum atomic E-state index is 0.0573. The second-order valence-corrected chi connectivity index (χ2v) is 11.4. The van der Waals surface area contributed by atoms with Crippen LogP contribution < -0.4 is 10.2 Å². The molecule has 156 valence electrons. The van der Waals surface area contributed by atoms with Gasteiger partial charge in [0.25, 0.3) is 0 Å². The first-order valence-corrected chi connectivity index (χ1v) is 11.4. The Morgan fingerprint density at radius 1 is 1.00 bits per heavy atom. The highest BCUT2D eigenvalue weighted by atomic mass is 16.2. The molecule has 29 heavy (non-hydrogen) atoms. The number of hydrogen-bond donors (Lipinski definition) is 1. The molecular weight excluding hydrogens is 360 g/mol. The molecule has 4 heteroatoms. The molecule has 1 aliphatic heterocycles. The highest BCUT2D eigenvalue weighted by Gasteiger charge is 2.60. The fraction of sp³-hybridized carbons (Fsp3) is 0.680. The first-order chi connectivity index (χ1) is 13.8. The summed E-state index contributed by atoms with van der Waals surface area (Å²) in [6.45, 7) is 6.74. The number of piperidine rings is 1. The van der Waals surface area contributed by atoms with E-state index in [0.29, 0.717) is 22.3 Å². The van der Waals surface area contributed by atoms with Gasteiger partial charge in [-0.15, -0.1) is 0 Å². The molecule has 1 N–H and O–H groups in total. The summed E-state index contributed by atoms with van der Waals surface area (Å²) in [6, 6.07) is 7.77. The third-order valence-electron chi connectivity index (χ3n) is 8.27. The number of benzene rings is 1. The molecule has 4 bridgehead atoms. The molecule has 1 aromatic rings. The Balaban J connectivity index is 1.22. The number of carbonyl (C=O) groups excluding carboxylic acids is 2. The molecule has 1 saturated heterocycles. The molecule has 1 amide bonds. The molecular formula is C25H34N2O2. The summed E-state index contributed by atoms with van der Waals surface area (Å²) >= 11 is 0. The molecule has 1 heterocycles. The standard InChI is InChI=1S/C25H34N2O2/c1-23-11-19-12-24(2,15-23)17-25(13-19,16-23)26-22(29)20-7-9-27(10-8-20)21-5-3-18(14-28)4-6-21/h3-6,14,19-20H,7-13,15-17H2,1-2H3,(H,26,29)/t19?,23-,24-,25?/m1/s1. The Morgan fingerprint density at radius 3 is 2.17 bits per heavy atom. The van der Waals surface area contributed by atoms with Crippen LogP contribution in [0.3, 0.4) is 0 Å². The topological polar surface area (TPSA) is 49.4 Å². The minimum absolute atomic E-state index is 0.0573. The van der Waals surface area contributed by atoms with Crippen molar-refractivity contribution >= 4 is 17.9 Å². The van der Waals surface area contributed by atoms with Gasteiger partial charge in [0.15, 0.2) is 0 Å². The molecule has 5 aliphatic rings. The van der Waals surface area contributed by atoms with Crippen LogP contribution in [0.5, 0.6) is 0 Å². The molecule has 2 atom stereocenters. The van der Waals surface area contributed by atoms with E-state index in [1.165, 1.54) is 38.5 Å². The summed E-state index contributed by atoms with van der Waals surface area (Å²) in [5, 5.41) is 3.62. The van der Waals surface area contributed by atoms with Crippen molar-refractivity contribution in [1.29, 1.82) is 0 Å². The van der Waals surface area contributed by atoms with E-state index >= 15 is 0 Å². The average molecular weight is 395 g/mol. The van der Waals surface area contributed by atoms with Crippen molar-refractivity contribution in [2.75, 3.05) is 18.0 Å².